The average Bonchev–Trinajstić information content (AvgIpc) is 3.06. The van der Waals surface area contributed by atoms with E-state index in [0.717, 1.165) is 6.08 Å². The molecule has 1 fully saturated rings. The lowest BCUT2D eigenvalue weighted by atomic mass is 10.1. The SMILES string of the molecule is C=CC(=O)OC1(c2ccccc2)CC1C(F)(F)F. The second-order valence-electron chi connectivity index (χ2n) is 4.18. The quantitative estimate of drug-likeness (QED) is 0.613. The van der Waals surface area contributed by atoms with E-state index in [0.29, 0.717) is 5.56 Å². The minimum atomic E-state index is -4.38. The smallest absolute Gasteiger partial charge is 0.396 e. The maximum Gasteiger partial charge on any atom is 0.396 e. The standard InChI is InChI=1S/C13H11F3O2/c1-2-11(17)18-12(8-10(12)13(14,15)16)9-6-4-3-5-7-9/h2-7,10H,1,8H2. The molecule has 0 saturated heterocycles. The average molecular weight is 256 g/mol. The van der Waals surface area contributed by atoms with Crippen LogP contribution in [0.15, 0.2) is 43.0 Å². The maximum atomic E-state index is 12.8. The van der Waals surface area contributed by atoms with E-state index in [2.05, 4.69) is 6.58 Å². The zero-order chi connectivity index (χ0) is 13.4. The second kappa shape index (κ2) is 4.15. The highest BCUT2D eigenvalue weighted by Gasteiger charge is 2.70. The summed E-state index contributed by atoms with van der Waals surface area (Å²) in [6.07, 6.45) is -3.74. The Morgan fingerprint density at radius 3 is 2.44 bits per heavy atom. The van der Waals surface area contributed by atoms with Gasteiger partial charge in [0.2, 0.25) is 0 Å². The molecular weight excluding hydrogens is 245 g/mol. The Bertz CT molecular complexity index is 467. The van der Waals surface area contributed by atoms with Crippen LogP contribution in [0.25, 0.3) is 0 Å². The normalized spacial score (nSPS) is 26.5. The number of benzene rings is 1. The monoisotopic (exact) mass is 256 g/mol. The summed E-state index contributed by atoms with van der Waals surface area (Å²) in [6, 6.07) is 7.98. The molecule has 0 bridgehead atoms. The van der Waals surface area contributed by atoms with Gasteiger partial charge in [-0.3, -0.25) is 0 Å². The molecule has 2 atom stereocenters. The highest BCUT2D eigenvalue weighted by atomic mass is 19.4. The van der Waals surface area contributed by atoms with Crippen molar-refractivity contribution < 1.29 is 22.7 Å². The van der Waals surface area contributed by atoms with Gasteiger partial charge in [0.25, 0.3) is 0 Å². The summed E-state index contributed by atoms with van der Waals surface area (Å²) < 4.78 is 43.2. The first kappa shape index (κ1) is 12.7. The molecule has 1 aromatic carbocycles. The molecule has 0 aromatic heterocycles. The molecule has 1 aliphatic rings. The van der Waals surface area contributed by atoms with Crippen LogP contribution in [0.3, 0.4) is 0 Å². The Balaban J connectivity index is 2.33. The van der Waals surface area contributed by atoms with Crippen molar-refractivity contribution in [3.63, 3.8) is 0 Å². The van der Waals surface area contributed by atoms with E-state index >= 15 is 0 Å². The molecule has 1 saturated carbocycles. The molecule has 0 amide bonds. The fourth-order valence-corrected chi connectivity index (χ4v) is 2.06. The first-order valence-electron chi connectivity index (χ1n) is 5.38. The lowest BCUT2D eigenvalue weighted by molar-refractivity contribution is -0.175. The number of esters is 1. The zero-order valence-electron chi connectivity index (χ0n) is 9.41. The first-order chi connectivity index (χ1) is 8.40. The van der Waals surface area contributed by atoms with Crippen LogP contribution in [0.4, 0.5) is 13.2 Å². The number of ether oxygens (including phenoxy) is 1. The van der Waals surface area contributed by atoms with Gasteiger partial charge in [0.15, 0.2) is 0 Å². The van der Waals surface area contributed by atoms with Gasteiger partial charge in [0.05, 0.1) is 0 Å². The highest BCUT2D eigenvalue weighted by Crippen LogP contribution is 2.62. The molecular formula is C13H11F3O2. The van der Waals surface area contributed by atoms with Crippen molar-refractivity contribution in [2.45, 2.75) is 18.2 Å². The van der Waals surface area contributed by atoms with E-state index in [-0.39, 0.29) is 6.42 Å². The first-order valence-corrected chi connectivity index (χ1v) is 5.38. The lowest BCUT2D eigenvalue weighted by Gasteiger charge is -2.19. The van der Waals surface area contributed by atoms with Crippen molar-refractivity contribution >= 4 is 5.97 Å². The molecule has 18 heavy (non-hydrogen) atoms. The van der Waals surface area contributed by atoms with Gasteiger partial charge in [-0.2, -0.15) is 13.2 Å². The third-order valence-electron chi connectivity index (χ3n) is 3.02. The van der Waals surface area contributed by atoms with E-state index < -0.39 is 23.7 Å². The van der Waals surface area contributed by atoms with Crippen molar-refractivity contribution in [1.82, 2.24) is 0 Å². The fraction of sp³-hybridized carbons (Fsp3) is 0.308. The van der Waals surface area contributed by atoms with Crippen LogP contribution >= 0.6 is 0 Å². The Kier molecular flexibility index (Phi) is 2.92. The molecule has 0 heterocycles. The van der Waals surface area contributed by atoms with Crippen LogP contribution in [0.2, 0.25) is 0 Å². The van der Waals surface area contributed by atoms with Crippen LogP contribution in [-0.4, -0.2) is 12.1 Å². The molecule has 1 aromatic rings. The van der Waals surface area contributed by atoms with Crippen LogP contribution in [0, 0.1) is 5.92 Å². The minimum absolute atomic E-state index is 0.236. The summed E-state index contributed by atoms with van der Waals surface area (Å²) in [5.74, 6) is -2.48. The Morgan fingerprint density at radius 1 is 1.39 bits per heavy atom. The zero-order valence-corrected chi connectivity index (χ0v) is 9.41. The summed E-state index contributed by atoms with van der Waals surface area (Å²) >= 11 is 0. The number of carbonyl (C=O) groups is 1. The molecule has 0 N–H and O–H groups in total. The number of alkyl halides is 3. The largest absolute Gasteiger partial charge is 0.450 e. The molecule has 2 unspecified atom stereocenters. The van der Waals surface area contributed by atoms with Gasteiger partial charge in [0.1, 0.15) is 11.5 Å². The van der Waals surface area contributed by atoms with Crippen LogP contribution in [0.5, 0.6) is 0 Å². The van der Waals surface area contributed by atoms with Crippen molar-refractivity contribution in [1.29, 1.82) is 0 Å². The third kappa shape index (κ3) is 2.12. The summed E-state index contributed by atoms with van der Waals surface area (Å²) in [5, 5.41) is 0. The molecule has 5 heteroatoms. The predicted molar refractivity (Wildman–Crippen MR) is 58.6 cm³/mol. The third-order valence-corrected chi connectivity index (χ3v) is 3.02. The van der Waals surface area contributed by atoms with Crippen molar-refractivity contribution in [2.24, 2.45) is 5.92 Å². The van der Waals surface area contributed by atoms with Crippen LogP contribution in [-0.2, 0) is 15.1 Å². The summed E-state index contributed by atoms with van der Waals surface area (Å²) in [6.45, 7) is 3.20. The maximum absolute atomic E-state index is 12.8. The number of carbonyl (C=O) groups excluding carboxylic acids is 1. The van der Waals surface area contributed by atoms with Gasteiger partial charge >= 0.3 is 12.1 Å². The molecule has 2 rings (SSSR count). The van der Waals surface area contributed by atoms with Crippen molar-refractivity contribution in [2.75, 3.05) is 0 Å². The van der Waals surface area contributed by atoms with Gasteiger partial charge in [-0.05, 0) is 5.56 Å². The van der Waals surface area contributed by atoms with E-state index in [9.17, 15) is 18.0 Å². The van der Waals surface area contributed by atoms with E-state index in [1.165, 1.54) is 12.1 Å². The summed E-state index contributed by atoms with van der Waals surface area (Å²) in [5.41, 5.74) is -1.22. The molecule has 96 valence electrons. The number of hydrogen-bond acceptors (Lipinski definition) is 2. The van der Waals surface area contributed by atoms with Crippen LogP contribution in [0.1, 0.15) is 12.0 Å². The number of hydrogen-bond donors (Lipinski definition) is 0. The van der Waals surface area contributed by atoms with Crippen molar-refractivity contribution in [3.8, 4) is 0 Å². The van der Waals surface area contributed by atoms with E-state index in [4.69, 9.17) is 4.74 Å². The Morgan fingerprint density at radius 2 is 2.00 bits per heavy atom. The van der Waals surface area contributed by atoms with Gasteiger partial charge in [-0.25, -0.2) is 4.79 Å². The molecule has 2 nitrogen and oxygen atoms in total. The molecule has 0 spiro atoms. The van der Waals surface area contributed by atoms with Crippen molar-refractivity contribution in [3.05, 3.63) is 48.6 Å². The molecule has 0 aliphatic heterocycles. The Hall–Kier alpha value is -1.78. The topological polar surface area (TPSA) is 26.3 Å². The molecule has 0 radical (unpaired) electrons. The lowest BCUT2D eigenvalue weighted by Crippen LogP contribution is -2.25. The van der Waals surface area contributed by atoms with E-state index in [1.54, 1.807) is 18.2 Å². The van der Waals surface area contributed by atoms with Gasteiger partial charge in [-0.15, -0.1) is 0 Å². The van der Waals surface area contributed by atoms with Gasteiger partial charge < -0.3 is 4.74 Å². The van der Waals surface area contributed by atoms with E-state index in [1.807, 2.05) is 0 Å². The van der Waals surface area contributed by atoms with Crippen LogP contribution < -0.4 is 0 Å². The summed E-state index contributed by atoms with van der Waals surface area (Å²) in [7, 11) is 0. The second-order valence-corrected chi connectivity index (χ2v) is 4.18. The minimum Gasteiger partial charge on any atom is -0.450 e. The van der Waals surface area contributed by atoms with Gasteiger partial charge in [0, 0.05) is 12.5 Å². The summed E-state index contributed by atoms with van der Waals surface area (Å²) in [4.78, 5) is 11.2. The number of rotatable bonds is 3. The molecule has 1 aliphatic carbocycles. The van der Waals surface area contributed by atoms with Gasteiger partial charge in [-0.1, -0.05) is 36.9 Å². The predicted octanol–water partition coefficient (Wildman–Crippen LogP) is 3.19. The number of halogens is 3. The fourth-order valence-electron chi connectivity index (χ4n) is 2.06. The highest BCUT2D eigenvalue weighted by molar-refractivity contribution is 5.82. The Labute approximate surface area is 102 Å².